The third-order valence-corrected chi connectivity index (χ3v) is 9.14. The fraction of sp³-hybridized carbons (Fsp3) is 0.323. The zero-order valence-corrected chi connectivity index (χ0v) is 24.4. The quantitative estimate of drug-likeness (QED) is 0.270. The number of para-hydroxylation sites is 1. The SMILES string of the molecule is COc1cc(/C=C2\SC(Nc3ccccc3)N([C@H]3CCCC[C@H]3C)C2=O)ccc1OCc1ccc(Cl)c(Cl)c1. The van der Waals surface area contributed by atoms with Crippen LogP contribution in [0.15, 0.2) is 71.6 Å². The first-order valence-electron chi connectivity index (χ1n) is 13.2. The van der Waals surface area contributed by atoms with Gasteiger partial charge in [0.15, 0.2) is 17.0 Å². The van der Waals surface area contributed by atoms with E-state index < -0.39 is 0 Å². The van der Waals surface area contributed by atoms with Gasteiger partial charge in [-0.1, -0.05) is 85.1 Å². The van der Waals surface area contributed by atoms with Crippen LogP contribution in [0.1, 0.15) is 43.7 Å². The third-order valence-electron chi connectivity index (χ3n) is 7.29. The van der Waals surface area contributed by atoms with E-state index >= 15 is 0 Å². The van der Waals surface area contributed by atoms with Crippen molar-refractivity contribution in [2.75, 3.05) is 12.4 Å². The Labute approximate surface area is 244 Å². The van der Waals surface area contributed by atoms with Gasteiger partial charge < -0.3 is 19.7 Å². The van der Waals surface area contributed by atoms with Crippen molar-refractivity contribution in [3.63, 3.8) is 0 Å². The zero-order chi connectivity index (χ0) is 27.4. The van der Waals surface area contributed by atoms with Crippen molar-refractivity contribution in [2.45, 2.75) is 50.8 Å². The molecule has 1 saturated carbocycles. The van der Waals surface area contributed by atoms with Gasteiger partial charge in [-0.25, -0.2) is 0 Å². The van der Waals surface area contributed by atoms with E-state index in [1.165, 1.54) is 6.42 Å². The highest BCUT2D eigenvalue weighted by Crippen LogP contribution is 2.42. The number of ether oxygens (including phenoxy) is 2. The molecule has 0 bridgehead atoms. The Morgan fingerprint density at radius 2 is 1.79 bits per heavy atom. The molecule has 3 aromatic carbocycles. The minimum atomic E-state index is -0.160. The summed E-state index contributed by atoms with van der Waals surface area (Å²) in [6.07, 6.45) is 6.52. The van der Waals surface area contributed by atoms with E-state index in [1.807, 2.05) is 60.7 Å². The van der Waals surface area contributed by atoms with Gasteiger partial charge in [-0.15, -0.1) is 0 Å². The fourth-order valence-electron chi connectivity index (χ4n) is 5.20. The molecular weight excluding hydrogens is 551 g/mol. The van der Waals surface area contributed by atoms with Crippen LogP contribution in [-0.4, -0.2) is 29.5 Å². The van der Waals surface area contributed by atoms with Crippen LogP contribution >= 0.6 is 35.0 Å². The summed E-state index contributed by atoms with van der Waals surface area (Å²) in [4.78, 5) is 16.6. The van der Waals surface area contributed by atoms with Crippen molar-refractivity contribution in [1.82, 2.24) is 4.90 Å². The Bertz CT molecular complexity index is 1350. The summed E-state index contributed by atoms with van der Waals surface area (Å²) >= 11 is 13.7. The number of carbonyl (C=O) groups is 1. The van der Waals surface area contributed by atoms with Crippen molar-refractivity contribution in [3.8, 4) is 11.5 Å². The van der Waals surface area contributed by atoms with Crippen LogP contribution in [0.25, 0.3) is 6.08 Å². The maximum atomic E-state index is 13.8. The molecule has 0 spiro atoms. The van der Waals surface area contributed by atoms with Gasteiger partial charge in [0, 0.05) is 11.7 Å². The van der Waals surface area contributed by atoms with Crippen LogP contribution in [-0.2, 0) is 11.4 Å². The predicted molar refractivity (Wildman–Crippen MR) is 161 cm³/mol. The van der Waals surface area contributed by atoms with Crippen LogP contribution < -0.4 is 14.8 Å². The topological polar surface area (TPSA) is 50.8 Å². The molecule has 1 aliphatic heterocycles. The first-order chi connectivity index (χ1) is 18.9. The number of nitrogens with zero attached hydrogens (tertiary/aromatic N) is 1. The van der Waals surface area contributed by atoms with Gasteiger partial charge in [0.25, 0.3) is 5.91 Å². The Morgan fingerprint density at radius 3 is 2.54 bits per heavy atom. The Balaban J connectivity index is 1.37. The summed E-state index contributed by atoms with van der Waals surface area (Å²) in [5, 5.41) is 4.59. The molecule has 3 aromatic rings. The van der Waals surface area contributed by atoms with Crippen molar-refractivity contribution in [3.05, 3.63) is 92.8 Å². The fourth-order valence-corrected chi connectivity index (χ4v) is 6.73. The summed E-state index contributed by atoms with van der Waals surface area (Å²) in [6, 6.07) is 21.4. The minimum absolute atomic E-state index is 0.0751. The number of halogens is 2. The number of benzene rings is 3. The smallest absolute Gasteiger partial charge is 0.262 e. The van der Waals surface area contributed by atoms with Crippen molar-refractivity contribution in [2.24, 2.45) is 5.92 Å². The van der Waals surface area contributed by atoms with Gasteiger partial charge in [-0.05, 0) is 72.4 Å². The molecule has 0 aromatic heterocycles. The molecule has 5 rings (SSSR count). The molecule has 1 N–H and O–H groups in total. The lowest BCUT2D eigenvalue weighted by Gasteiger charge is -2.39. The van der Waals surface area contributed by atoms with E-state index in [1.54, 1.807) is 31.0 Å². The number of nitrogens with one attached hydrogen (secondary N) is 1. The minimum Gasteiger partial charge on any atom is -0.493 e. The monoisotopic (exact) mass is 582 g/mol. The van der Waals surface area contributed by atoms with Crippen molar-refractivity contribution < 1.29 is 14.3 Å². The summed E-state index contributed by atoms with van der Waals surface area (Å²) in [7, 11) is 1.61. The number of rotatable bonds is 8. The first-order valence-corrected chi connectivity index (χ1v) is 14.8. The number of thioether (sulfide) groups is 1. The first kappa shape index (κ1) is 27.8. The molecule has 8 heteroatoms. The predicted octanol–water partition coefficient (Wildman–Crippen LogP) is 8.47. The molecule has 1 heterocycles. The molecule has 1 unspecified atom stereocenters. The lowest BCUT2D eigenvalue weighted by Crippen LogP contribution is -2.48. The molecule has 5 nitrogen and oxygen atoms in total. The molecule has 204 valence electrons. The van der Waals surface area contributed by atoms with Gasteiger partial charge >= 0.3 is 0 Å². The second-order valence-corrected chi connectivity index (χ2v) is 11.9. The van der Waals surface area contributed by atoms with E-state index in [-0.39, 0.29) is 17.4 Å². The van der Waals surface area contributed by atoms with Crippen LogP contribution in [0.5, 0.6) is 11.5 Å². The number of hydrogen-bond acceptors (Lipinski definition) is 5. The number of anilines is 1. The molecule has 1 amide bonds. The van der Waals surface area contributed by atoms with Gasteiger partial charge in [0.2, 0.25) is 0 Å². The zero-order valence-electron chi connectivity index (χ0n) is 22.0. The maximum absolute atomic E-state index is 13.8. The van der Waals surface area contributed by atoms with Crippen LogP contribution in [0, 0.1) is 5.92 Å². The largest absolute Gasteiger partial charge is 0.493 e. The molecule has 1 saturated heterocycles. The van der Waals surface area contributed by atoms with E-state index in [0.29, 0.717) is 39.0 Å². The summed E-state index contributed by atoms with van der Waals surface area (Å²) in [6.45, 7) is 2.59. The van der Waals surface area contributed by atoms with Crippen LogP contribution in [0.3, 0.4) is 0 Å². The van der Waals surface area contributed by atoms with Crippen molar-refractivity contribution >= 4 is 52.6 Å². The molecule has 2 aliphatic rings. The van der Waals surface area contributed by atoms with E-state index in [0.717, 1.165) is 36.1 Å². The Morgan fingerprint density at radius 1 is 1.00 bits per heavy atom. The van der Waals surface area contributed by atoms with E-state index in [2.05, 4.69) is 17.1 Å². The van der Waals surface area contributed by atoms with E-state index in [4.69, 9.17) is 32.7 Å². The third kappa shape index (κ3) is 6.51. The standard InChI is InChI=1S/C31H32Cl2N2O3S/c1-20-8-6-7-11-26(20)35-30(36)29(39-31(35)34-23-9-4-3-5-10-23)18-21-13-15-27(28(17-21)37-2)38-19-22-12-14-24(32)25(33)16-22/h3-5,9-10,12-18,20,26,31,34H,6-8,11,19H2,1-2H3/b29-18-/t20-,26+,31?/m1/s1. The second-order valence-electron chi connectivity index (χ2n) is 9.98. The van der Waals surface area contributed by atoms with Gasteiger partial charge in [0.1, 0.15) is 6.61 Å². The second kappa shape index (κ2) is 12.6. The van der Waals surface area contributed by atoms with E-state index in [9.17, 15) is 4.79 Å². The molecule has 0 radical (unpaired) electrons. The summed E-state index contributed by atoms with van der Waals surface area (Å²) < 4.78 is 11.6. The normalized spacial score (nSPS) is 22.3. The number of methoxy groups -OCH3 is 1. The van der Waals surface area contributed by atoms with Crippen LogP contribution in [0.4, 0.5) is 5.69 Å². The number of amides is 1. The maximum Gasteiger partial charge on any atom is 0.262 e. The lowest BCUT2D eigenvalue weighted by atomic mass is 9.85. The summed E-state index contributed by atoms with van der Waals surface area (Å²) in [5.74, 6) is 1.75. The van der Waals surface area contributed by atoms with Crippen molar-refractivity contribution in [1.29, 1.82) is 0 Å². The van der Waals surface area contributed by atoms with Crippen LogP contribution in [0.2, 0.25) is 10.0 Å². The molecule has 39 heavy (non-hydrogen) atoms. The summed E-state index contributed by atoms with van der Waals surface area (Å²) in [5.41, 5.74) is 2.62. The molecular formula is C31H32Cl2N2O3S. The number of carbonyl (C=O) groups excluding carboxylic acids is 1. The Hall–Kier alpha value is -2.80. The lowest BCUT2D eigenvalue weighted by molar-refractivity contribution is -0.129. The molecule has 2 fully saturated rings. The average Bonchev–Trinajstić information content (AvgIpc) is 3.24. The average molecular weight is 584 g/mol. The van der Waals surface area contributed by atoms with Gasteiger partial charge in [-0.3, -0.25) is 4.79 Å². The highest BCUT2D eigenvalue weighted by Gasteiger charge is 2.42. The highest BCUT2D eigenvalue weighted by atomic mass is 35.5. The highest BCUT2D eigenvalue weighted by molar-refractivity contribution is 8.05. The molecule has 1 aliphatic carbocycles. The molecule has 3 atom stereocenters. The number of hydrogen-bond donors (Lipinski definition) is 1. The van der Waals surface area contributed by atoms with Gasteiger partial charge in [0.05, 0.1) is 22.1 Å². The Kier molecular flexibility index (Phi) is 8.96. The van der Waals surface area contributed by atoms with Gasteiger partial charge in [-0.2, -0.15) is 0 Å².